The van der Waals surface area contributed by atoms with Gasteiger partial charge in [0.25, 0.3) is 0 Å². The first kappa shape index (κ1) is 31.4. The van der Waals surface area contributed by atoms with E-state index in [1.54, 1.807) is 0 Å². The molecule has 1 atom stereocenters. The first-order valence-corrected chi connectivity index (χ1v) is 18.8. The van der Waals surface area contributed by atoms with E-state index in [-0.39, 0.29) is 5.92 Å². The second kappa shape index (κ2) is 12.8. The maximum absolute atomic E-state index is 6.65. The molecule has 0 spiro atoms. The van der Waals surface area contributed by atoms with Crippen LogP contribution in [0, 0.1) is 0 Å². The average molecular weight is 707 g/mol. The molecule has 0 amide bonds. The van der Waals surface area contributed by atoms with Crippen LogP contribution in [0.3, 0.4) is 0 Å². The van der Waals surface area contributed by atoms with Gasteiger partial charge in [0, 0.05) is 34.3 Å². The zero-order chi connectivity index (χ0) is 36.3. The van der Waals surface area contributed by atoms with E-state index < -0.39 is 0 Å². The third-order valence-electron chi connectivity index (χ3n) is 11.1. The summed E-state index contributed by atoms with van der Waals surface area (Å²) in [5, 5.41) is 1.93. The Kier molecular flexibility index (Phi) is 7.27. The summed E-state index contributed by atoms with van der Waals surface area (Å²) in [7, 11) is 0. The smallest absolute Gasteiger partial charge is 0.227 e. The standard InChI is InChI=1S/C51H34N2O2/c1-4-13-33(14-5-1)34-23-25-38(26-24-34)53(45-22-12-21-41-40-20-11-10-19-37(40)31-43(48(41)45)35-15-6-2-7-16-35)39-27-28-42-47(32-39)54-46-30-29-44-50(49(42)46)55-51(52-44)36-17-8-3-9-18-36/h1-30,32,43H,31H2. The highest BCUT2D eigenvalue weighted by Crippen LogP contribution is 2.50. The number of oxazole rings is 1. The molecule has 0 saturated heterocycles. The Morgan fingerprint density at radius 2 is 1.18 bits per heavy atom. The van der Waals surface area contributed by atoms with E-state index in [0.717, 1.165) is 62.1 Å². The van der Waals surface area contributed by atoms with Gasteiger partial charge in [-0.3, -0.25) is 0 Å². The van der Waals surface area contributed by atoms with Crippen LogP contribution >= 0.6 is 0 Å². The Morgan fingerprint density at radius 1 is 0.509 bits per heavy atom. The fourth-order valence-electron chi connectivity index (χ4n) is 8.54. The van der Waals surface area contributed by atoms with E-state index >= 15 is 0 Å². The van der Waals surface area contributed by atoms with Crippen molar-refractivity contribution in [3.8, 4) is 33.7 Å². The van der Waals surface area contributed by atoms with Crippen LogP contribution in [-0.2, 0) is 6.42 Å². The molecule has 0 N–H and O–H groups in total. The number of nitrogens with zero attached hydrogens (tertiary/aromatic N) is 2. The summed E-state index contributed by atoms with van der Waals surface area (Å²) < 4.78 is 13.1. The van der Waals surface area contributed by atoms with Crippen LogP contribution in [-0.4, -0.2) is 4.98 Å². The Hall–Kier alpha value is -7.17. The maximum atomic E-state index is 6.65. The Balaban J connectivity index is 1.12. The first-order chi connectivity index (χ1) is 27.3. The summed E-state index contributed by atoms with van der Waals surface area (Å²) in [6.45, 7) is 0. The molecule has 4 nitrogen and oxygen atoms in total. The molecule has 1 aliphatic rings. The monoisotopic (exact) mass is 706 g/mol. The quantitative estimate of drug-likeness (QED) is 0.173. The van der Waals surface area contributed by atoms with Gasteiger partial charge >= 0.3 is 0 Å². The van der Waals surface area contributed by atoms with Crippen molar-refractivity contribution in [1.29, 1.82) is 0 Å². The van der Waals surface area contributed by atoms with Crippen molar-refractivity contribution in [3.63, 3.8) is 0 Å². The van der Waals surface area contributed by atoms with Gasteiger partial charge in [-0.2, -0.15) is 0 Å². The minimum Gasteiger partial charge on any atom is -0.456 e. The highest BCUT2D eigenvalue weighted by atomic mass is 16.4. The largest absolute Gasteiger partial charge is 0.456 e. The van der Waals surface area contributed by atoms with E-state index in [1.165, 1.54) is 38.9 Å². The average Bonchev–Trinajstić information content (AvgIpc) is 3.86. The molecule has 0 bridgehead atoms. The summed E-state index contributed by atoms with van der Waals surface area (Å²) in [6, 6.07) is 66.6. The molecule has 0 radical (unpaired) electrons. The van der Waals surface area contributed by atoms with Gasteiger partial charge in [-0.05, 0) is 100.0 Å². The number of aromatic nitrogens is 1. The van der Waals surface area contributed by atoms with Crippen LogP contribution in [0.1, 0.15) is 22.6 Å². The highest BCUT2D eigenvalue weighted by molar-refractivity contribution is 6.17. The minimum absolute atomic E-state index is 0.168. The summed E-state index contributed by atoms with van der Waals surface area (Å²) in [5.41, 5.74) is 16.2. The summed E-state index contributed by atoms with van der Waals surface area (Å²) >= 11 is 0. The van der Waals surface area contributed by atoms with Crippen LogP contribution in [0.4, 0.5) is 17.1 Å². The molecule has 4 heteroatoms. The molecule has 1 aliphatic carbocycles. The number of hydrogen-bond donors (Lipinski definition) is 0. The van der Waals surface area contributed by atoms with Gasteiger partial charge in [-0.15, -0.1) is 0 Å². The predicted octanol–water partition coefficient (Wildman–Crippen LogP) is 13.9. The van der Waals surface area contributed by atoms with Crippen molar-refractivity contribution in [3.05, 3.63) is 205 Å². The van der Waals surface area contributed by atoms with Crippen LogP contribution in [0.15, 0.2) is 197 Å². The molecular formula is C51H34N2O2. The number of hydrogen-bond acceptors (Lipinski definition) is 4. The fraction of sp³-hybridized carbons (Fsp3) is 0.0392. The Labute approximate surface area is 318 Å². The second-order valence-electron chi connectivity index (χ2n) is 14.3. The van der Waals surface area contributed by atoms with E-state index in [2.05, 4.69) is 150 Å². The number of rotatable bonds is 6. The topological polar surface area (TPSA) is 42.4 Å². The maximum Gasteiger partial charge on any atom is 0.227 e. The normalized spacial score (nSPS) is 13.6. The van der Waals surface area contributed by atoms with E-state index in [0.29, 0.717) is 5.89 Å². The van der Waals surface area contributed by atoms with Crippen molar-refractivity contribution < 1.29 is 8.83 Å². The van der Waals surface area contributed by atoms with Crippen molar-refractivity contribution in [2.75, 3.05) is 4.90 Å². The number of furan rings is 1. The van der Waals surface area contributed by atoms with Crippen LogP contribution in [0.2, 0.25) is 0 Å². The van der Waals surface area contributed by atoms with Gasteiger partial charge in [0.2, 0.25) is 5.89 Å². The molecule has 260 valence electrons. The minimum atomic E-state index is 0.168. The zero-order valence-corrected chi connectivity index (χ0v) is 29.9. The predicted molar refractivity (Wildman–Crippen MR) is 224 cm³/mol. The molecule has 0 aliphatic heterocycles. The van der Waals surface area contributed by atoms with Gasteiger partial charge in [-0.25, -0.2) is 4.98 Å². The lowest BCUT2D eigenvalue weighted by Crippen LogP contribution is -2.19. The Morgan fingerprint density at radius 3 is 1.98 bits per heavy atom. The van der Waals surface area contributed by atoms with Gasteiger partial charge in [0.15, 0.2) is 5.58 Å². The molecule has 8 aromatic carbocycles. The van der Waals surface area contributed by atoms with Crippen molar-refractivity contribution in [2.24, 2.45) is 0 Å². The van der Waals surface area contributed by atoms with E-state index in [1.807, 2.05) is 42.5 Å². The van der Waals surface area contributed by atoms with E-state index in [9.17, 15) is 0 Å². The van der Waals surface area contributed by atoms with Crippen molar-refractivity contribution >= 4 is 50.1 Å². The van der Waals surface area contributed by atoms with Crippen LogP contribution < -0.4 is 4.90 Å². The summed E-state index contributed by atoms with van der Waals surface area (Å²) in [4.78, 5) is 7.25. The zero-order valence-electron chi connectivity index (χ0n) is 29.9. The molecule has 1 unspecified atom stereocenters. The van der Waals surface area contributed by atoms with Crippen molar-refractivity contribution in [1.82, 2.24) is 4.98 Å². The number of benzene rings is 8. The molecule has 11 rings (SSSR count). The molecule has 0 fully saturated rings. The Bertz CT molecular complexity index is 3000. The van der Waals surface area contributed by atoms with Crippen LogP contribution in [0.25, 0.3) is 66.7 Å². The summed E-state index contributed by atoms with van der Waals surface area (Å²) in [6.07, 6.45) is 0.922. The SMILES string of the molecule is c1ccc(-c2ccc(N(c3ccc4c(c3)oc3ccc5nc(-c6ccccc6)oc5c34)c3cccc4c3C(c3ccccc3)Cc3ccccc3-4)cc2)cc1. The van der Waals surface area contributed by atoms with Gasteiger partial charge in [0.1, 0.15) is 16.7 Å². The first-order valence-electron chi connectivity index (χ1n) is 18.8. The number of fused-ring (bicyclic) bond motifs is 8. The van der Waals surface area contributed by atoms with Gasteiger partial charge in [-0.1, -0.05) is 127 Å². The molecule has 10 aromatic rings. The third kappa shape index (κ3) is 5.25. The molecule has 55 heavy (non-hydrogen) atoms. The summed E-state index contributed by atoms with van der Waals surface area (Å²) in [5.74, 6) is 0.768. The fourth-order valence-corrected chi connectivity index (χ4v) is 8.54. The molecule has 2 heterocycles. The third-order valence-corrected chi connectivity index (χ3v) is 11.1. The molecule has 2 aromatic heterocycles. The lowest BCUT2D eigenvalue weighted by molar-refractivity contribution is 0.622. The van der Waals surface area contributed by atoms with Gasteiger partial charge in [0.05, 0.1) is 11.1 Å². The number of anilines is 3. The van der Waals surface area contributed by atoms with Crippen molar-refractivity contribution in [2.45, 2.75) is 12.3 Å². The second-order valence-corrected chi connectivity index (χ2v) is 14.3. The lowest BCUT2D eigenvalue weighted by Gasteiger charge is -2.35. The van der Waals surface area contributed by atoms with Gasteiger partial charge < -0.3 is 13.7 Å². The molecular weight excluding hydrogens is 673 g/mol. The molecule has 0 saturated carbocycles. The highest BCUT2D eigenvalue weighted by Gasteiger charge is 2.31. The van der Waals surface area contributed by atoms with Crippen LogP contribution in [0.5, 0.6) is 0 Å². The van der Waals surface area contributed by atoms with E-state index in [4.69, 9.17) is 13.8 Å². The lowest BCUT2D eigenvalue weighted by atomic mass is 9.74.